The number of piperidine rings is 1. The van der Waals surface area contributed by atoms with E-state index >= 15 is 0 Å². The van der Waals surface area contributed by atoms with Crippen LogP contribution in [0, 0.1) is 11.8 Å². The van der Waals surface area contributed by atoms with E-state index in [1.165, 1.54) is 6.42 Å². The molecule has 1 fully saturated rings. The first-order valence-corrected chi connectivity index (χ1v) is 11.6. The highest BCUT2D eigenvalue weighted by molar-refractivity contribution is 9.10. The van der Waals surface area contributed by atoms with Crippen molar-refractivity contribution in [1.29, 1.82) is 0 Å². The van der Waals surface area contributed by atoms with Crippen molar-refractivity contribution < 1.29 is 14.0 Å². The van der Waals surface area contributed by atoms with Gasteiger partial charge in [0.25, 0.3) is 5.91 Å². The maximum Gasteiger partial charge on any atom is 0.291 e. The molecule has 6 nitrogen and oxygen atoms in total. The van der Waals surface area contributed by atoms with Crippen LogP contribution in [0.1, 0.15) is 50.2 Å². The van der Waals surface area contributed by atoms with Gasteiger partial charge in [0.05, 0.1) is 6.42 Å². The van der Waals surface area contributed by atoms with Crippen LogP contribution in [-0.4, -0.2) is 41.9 Å². The zero-order chi connectivity index (χ0) is 22.6. The molecule has 2 amide bonds. The molecular formula is C24H32BrN3O3. The third kappa shape index (κ3) is 6.68. The maximum absolute atomic E-state index is 12.5. The van der Waals surface area contributed by atoms with Gasteiger partial charge in [-0.2, -0.15) is 0 Å². The van der Waals surface area contributed by atoms with E-state index in [1.54, 1.807) is 24.3 Å². The Kier molecular flexibility index (Phi) is 7.59. The van der Waals surface area contributed by atoms with Gasteiger partial charge in [0.2, 0.25) is 5.91 Å². The maximum atomic E-state index is 12.5. The number of halogens is 1. The number of hydrogen-bond donors (Lipinski definition) is 2. The van der Waals surface area contributed by atoms with Crippen molar-refractivity contribution >= 4 is 33.4 Å². The van der Waals surface area contributed by atoms with Gasteiger partial charge in [-0.1, -0.05) is 26.0 Å². The second kappa shape index (κ2) is 10.0. The van der Waals surface area contributed by atoms with E-state index in [2.05, 4.69) is 59.2 Å². The van der Waals surface area contributed by atoms with Crippen LogP contribution in [0.25, 0.3) is 0 Å². The number of amides is 2. The number of likely N-dealkylation sites (tertiary alicyclic amines) is 1. The number of benzene rings is 1. The summed E-state index contributed by atoms with van der Waals surface area (Å²) in [6.45, 7) is 11.8. The fraction of sp³-hybridized carbons (Fsp3) is 0.500. The average molecular weight is 490 g/mol. The molecule has 1 aliphatic heterocycles. The Labute approximate surface area is 192 Å². The Morgan fingerprint density at radius 3 is 2.32 bits per heavy atom. The predicted octanol–water partition coefficient (Wildman–Crippen LogP) is 4.71. The number of furan rings is 1. The van der Waals surface area contributed by atoms with Gasteiger partial charge >= 0.3 is 0 Å². The molecule has 2 atom stereocenters. The van der Waals surface area contributed by atoms with Crippen molar-refractivity contribution in [3.05, 3.63) is 52.4 Å². The molecule has 31 heavy (non-hydrogen) atoms. The fourth-order valence-electron chi connectivity index (χ4n) is 4.17. The summed E-state index contributed by atoms with van der Waals surface area (Å²) >= 11 is 3.18. The van der Waals surface area contributed by atoms with Crippen LogP contribution in [0.2, 0.25) is 0 Å². The van der Waals surface area contributed by atoms with Crippen LogP contribution >= 0.6 is 15.9 Å². The van der Waals surface area contributed by atoms with Gasteiger partial charge in [0.1, 0.15) is 0 Å². The van der Waals surface area contributed by atoms with Crippen LogP contribution in [0.15, 0.2) is 45.5 Å². The molecule has 1 aliphatic rings. The van der Waals surface area contributed by atoms with E-state index < -0.39 is 0 Å². The quantitative estimate of drug-likeness (QED) is 0.590. The SMILES string of the molecule is CC1CC(C)CN(C(C)(C)CNC(=O)Cc2ccc(NC(=O)c3ccc(Br)o3)cc2)C1. The Balaban J connectivity index is 1.48. The topological polar surface area (TPSA) is 74.6 Å². The van der Waals surface area contributed by atoms with Gasteiger partial charge in [-0.05, 0) is 77.9 Å². The van der Waals surface area contributed by atoms with Crippen molar-refractivity contribution in [2.75, 3.05) is 25.0 Å². The normalized spacial score (nSPS) is 19.8. The summed E-state index contributed by atoms with van der Waals surface area (Å²) in [5, 5.41) is 5.88. The van der Waals surface area contributed by atoms with E-state index in [0.29, 0.717) is 35.2 Å². The molecule has 0 spiro atoms. The van der Waals surface area contributed by atoms with Crippen LogP contribution < -0.4 is 10.6 Å². The summed E-state index contributed by atoms with van der Waals surface area (Å²) in [5.41, 5.74) is 1.47. The highest BCUT2D eigenvalue weighted by Gasteiger charge is 2.32. The molecular weight excluding hydrogens is 458 g/mol. The lowest BCUT2D eigenvalue weighted by atomic mass is 9.88. The van der Waals surface area contributed by atoms with Crippen LogP contribution in [0.5, 0.6) is 0 Å². The lowest BCUT2D eigenvalue weighted by Gasteiger charge is -2.45. The summed E-state index contributed by atoms with van der Waals surface area (Å²) in [4.78, 5) is 27.2. The third-order valence-electron chi connectivity index (χ3n) is 5.82. The highest BCUT2D eigenvalue weighted by atomic mass is 79.9. The van der Waals surface area contributed by atoms with Crippen LogP contribution in [0.3, 0.4) is 0 Å². The predicted molar refractivity (Wildman–Crippen MR) is 126 cm³/mol. The Morgan fingerprint density at radius 2 is 1.74 bits per heavy atom. The molecule has 3 rings (SSSR count). The van der Waals surface area contributed by atoms with Gasteiger partial charge in [-0.3, -0.25) is 14.5 Å². The second-order valence-corrected chi connectivity index (χ2v) is 10.2. The van der Waals surface area contributed by atoms with E-state index in [4.69, 9.17) is 4.42 Å². The smallest absolute Gasteiger partial charge is 0.291 e. The Bertz CT molecular complexity index is 897. The minimum atomic E-state index is -0.320. The fourth-order valence-corrected chi connectivity index (χ4v) is 4.47. The van der Waals surface area contributed by atoms with Gasteiger partial charge in [0.15, 0.2) is 10.4 Å². The number of carbonyl (C=O) groups is 2. The van der Waals surface area contributed by atoms with Crippen molar-refractivity contribution in [2.45, 2.75) is 46.1 Å². The number of hydrogen-bond acceptors (Lipinski definition) is 4. The average Bonchev–Trinajstić information content (AvgIpc) is 3.14. The monoisotopic (exact) mass is 489 g/mol. The molecule has 2 N–H and O–H groups in total. The zero-order valence-corrected chi connectivity index (χ0v) is 20.3. The van der Waals surface area contributed by atoms with E-state index in [1.807, 2.05) is 12.1 Å². The van der Waals surface area contributed by atoms with Crippen LogP contribution in [-0.2, 0) is 11.2 Å². The summed E-state index contributed by atoms with van der Waals surface area (Å²) in [7, 11) is 0. The van der Waals surface area contributed by atoms with Crippen molar-refractivity contribution in [3.8, 4) is 0 Å². The van der Waals surface area contributed by atoms with Gasteiger partial charge in [-0.15, -0.1) is 0 Å². The summed E-state index contributed by atoms with van der Waals surface area (Å²) < 4.78 is 5.76. The number of nitrogens with one attached hydrogen (secondary N) is 2. The summed E-state index contributed by atoms with van der Waals surface area (Å²) in [6.07, 6.45) is 1.58. The first-order chi connectivity index (χ1) is 14.6. The summed E-state index contributed by atoms with van der Waals surface area (Å²) in [5.74, 6) is 1.29. The highest BCUT2D eigenvalue weighted by Crippen LogP contribution is 2.27. The number of anilines is 1. The van der Waals surface area contributed by atoms with Crippen molar-refractivity contribution in [3.63, 3.8) is 0 Å². The van der Waals surface area contributed by atoms with Gasteiger partial charge < -0.3 is 15.1 Å². The number of rotatable bonds is 7. The molecule has 168 valence electrons. The van der Waals surface area contributed by atoms with Crippen LogP contribution in [0.4, 0.5) is 5.69 Å². The number of nitrogens with zero attached hydrogens (tertiary/aromatic N) is 1. The first kappa shape index (κ1) is 23.5. The molecule has 2 heterocycles. The standard InChI is InChI=1S/C24H32BrN3O3/c1-16-11-17(2)14-28(13-16)24(3,4)15-26-22(29)12-18-5-7-19(8-6-18)27-23(30)20-9-10-21(25)31-20/h5-10,16-17H,11-15H2,1-4H3,(H,26,29)(H,27,30). The van der Waals surface area contributed by atoms with E-state index in [9.17, 15) is 9.59 Å². The second-order valence-electron chi connectivity index (χ2n) is 9.37. The largest absolute Gasteiger partial charge is 0.444 e. The molecule has 0 aliphatic carbocycles. The molecule has 7 heteroatoms. The Hall–Kier alpha value is -2.12. The molecule has 0 bridgehead atoms. The molecule has 0 saturated carbocycles. The van der Waals surface area contributed by atoms with Gasteiger partial charge in [0, 0.05) is 30.9 Å². The minimum absolute atomic E-state index is 0.00315. The van der Waals surface area contributed by atoms with Gasteiger partial charge in [-0.25, -0.2) is 0 Å². The van der Waals surface area contributed by atoms with E-state index in [0.717, 1.165) is 18.7 Å². The van der Waals surface area contributed by atoms with Crippen molar-refractivity contribution in [1.82, 2.24) is 10.2 Å². The number of carbonyl (C=O) groups excluding carboxylic acids is 2. The molecule has 0 radical (unpaired) electrons. The summed E-state index contributed by atoms with van der Waals surface area (Å²) in [6, 6.07) is 10.6. The third-order valence-corrected chi connectivity index (χ3v) is 6.24. The van der Waals surface area contributed by atoms with E-state index in [-0.39, 0.29) is 23.1 Å². The lowest BCUT2D eigenvalue weighted by Crippen LogP contribution is -2.56. The first-order valence-electron chi connectivity index (χ1n) is 10.8. The molecule has 1 saturated heterocycles. The lowest BCUT2D eigenvalue weighted by molar-refractivity contribution is -0.121. The zero-order valence-electron chi connectivity index (χ0n) is 18.7. The molecule has 2 unspecified atom stereocenters. The molecule has 1 aromatic heterocycles. The molecule has 1 aromatic carbocycles. The minimum Gasteiger partial charge on any atom is -0.444 e. The molecule has 2 aromatic rings. The Morgan fingerprint density at radius 1 is 1.10 bits per heavy atom. The van der Waals surface area contributed by atoms with Crippen molar-refractivity contribution in [2.24, 2.45) is 11.8 Å².